The van der Waals surface area contributed by atoms with E-state index in [0.717, 1.165) is 12.8 Å². The standard InChI is InChI=1S/C10H11N5O3/c1-5-8(10(16)17)12-14-15(5)4-7-11-9(18-13-7)6-2-3-6/h6H,2-4H2,1H3,(H,16,17). The van der Waals surface area contributed by atoms with E-state index in [4.69, 9.17) is 9.63 Å². The van der Waals surface area contributed by atoms with Crippen LogP contribution in [0.25, 0.3) is 0 Å². The quantitative estimate of drug-likeness (QED) is 0.844. The van der Waals surface area contributed by atoms with E-state index < -0.39 is 5.97 Å². The Balaban J connectivity index is 1.80. The second-order valence-corrected chi connectivity index (χ2v) is 4.31. The first kappa shape index (κ1) is 10.9. The lowest BCUT2D eigenvalue weighted by molar-refractivity contribution is 0.0689. The van der Waals surface area contributed by atoms with Crippen molar-refractivity contribution in [1.82, 2.24) is 25.1 Å². The molecule has 0 radical (unpaired) electrons. The fourth-order valence-electron chi connectivity index (χ4n) is 1.67. The molecule has 0 bridgehead atoms. The number of aromatic nitrogens is 5. The topological polar surface area (TPSA) is 107 Å². The summed E-state index contributed by atoms with van der Waals surface area (Å²) in [5.41, 5.74) is 0.418. The third kappa shape index (κ3) is 1.85. The van der Waals surface area contributed by atoms with Crippen molar-refractivity contribution in [1.29, 1.82) is 0 Å². The molecule has 8 heteroatoms. The molecular formula is C10H11N5O3. The van der Waals surface area contributed by atoms with Crippen molar-refractivity contribution in [2.24, 2.45) is 0 Å². The Morgan fingerprint density at radius 1 is 1.56 bits per heavy atom. The summed E-state index contributed by atoms with van der Waals surface area (Å²) in [6, 6.07) is 0. The van der Waals surface area contributed by atoms with Crippen molar-refractivity contribution in [3.63, 3.8) is 0 Å². The highest BCUT2D eigenvalue weighted by molar-refractivity contribution is 5.86. The SMILES string of the molecule is Cc1c(C(=O)O)nnn1Cc1noc(C2CC2)n1. The molecule has 18 heavy (non-hydrogen) atoms. The Morgan fingerprint density at radius 3 is 2.94 bits per heavy atom. The van der Waals surface area contributed by atoms with E-state index in [1.54, 1.807) is 6.92 Å². The van der Waals surface area contributed by atoms with Crippen LogP contribution in [0.15, 0.2) is 4.52 Å². The third-order valence-electron chi connectivity index (χ3n) is 2.89. The molecule has 2 aromatic rings. The maximum absolute atomic E-state index is 10.8. The Hall–Kier alpha value is -2.25. The predicted molar refractivity (Wildman–Crippen MR) is 57.1 cm³/mol. The molecule has 0 aromatic carbocycles. The summed E-state index contributed by atoms with van der Waals surface area (Å²) in [4.78, 5) is 15.1. The third-order valence-corrected chi connectivity index (χ3v) is 2.89. The maximum atomic E-state index is 10.8. The Labute approximate surface area is 102 Å². The van der Waals surface area contributed by atoms with Crippen LogP contribution >= 0.6 is 0 Å². The van der Waals surface area contributed by atoms with Crippen LogP contribution in [0.5, 0.6) is 0 Å². The number of hydrogen-bond acceptors (Lipinski definition) is 6. The van der Waals surface area contributed by atoms with Gasteiger partial charge in [-0.15, -0.1) is 5.10 Å². The zero-order valence-electron chi connectivity index (χ0n) is 9.70. The molecule has 0 atom stereocenters. The molecule has 1 aliphatic rings. The van der Waals surface area contributed by atoms with Gasteiger partial charge in [-0.25, -0.2) is 9.48 Å². The minimum atomic E-state index is -1.09. The van der Waals surface area contributed by atoms with Crippen molar-refractivity contribution in [3.8, 4) is 0 Å². The van der Waals surface area contributed by atoms with Crippen molar-refractivity contribution >= 4 is 5.97 Å². The van der Waals surface area contributed by atoms with Gasteiger partial charge in [0.15, 0.2) is 11.5 Å². The Bertz CT molecular complexity index is 598. The van der Waals surface area contributed by atoms with Gasteiger partial charge in [-0.2, -0.15) is 4.98 Å². The summed E-state index contributed by atoms with van der Waals surface area (Å²) < 4.78 is 6.57. The molecule has 2 aromatic heterocycles. The highest BCUT2D eigenvalue weighted by Gasteiger charge is 2.29. The molecule has 1 saturated carbocycles. The molecule has 0 amide bonds. The van der Waals surface area contributed by atoms with E-state index >= 15 is 0 Å². The average Bonchev–Trinajstić information content (AvgIpc) is 2.97. The van der Waals surface area contributed by atoms with Gasteiger partial charge in [0.05, 0.1) is 5.69 Å². The molecule has 94 valence electrons. The first-order chi connectivity index (χ1) is 8.65. The van der Waals surface area contributed by atoms with Crippen LogP contribution in [0.1, 0.15) is 46.7 Å². The van der Waals surface area contributed by atoms with Crippen LogP contribution in [-0.4, -0.2) is 36.2 Å². The number of carboxylic acids is 1. The fraction of sp³-hybridized carbons (Fsp3) is 0.500. The van der Waals surface area contributed by atoms with E-state index in [1.165, 1.54) is 4.68 Å². The summed E-state index contributed by atoms with van der Waals surface area (Å²) in [5, 5.41) is 20.1. The van der Waals surface area contributed by atoms with E-state index in [9.17, 15) is 4.79 Å². The number of rotatable bonds is 4. The number of carbonyl (C=O) groups is 1. The van der Waals surface area contributed by atoms with Gasteiger partial charge in [0.2, 0.25) is 5.89 Å². The minimum absolute atomic E-state index is 0.0547. The Morgan fingerprint density at radius 2 is 2.33 bits per heavy atom. The van der Waals surface area contributed by atoms with Crippen LogP contribution in [0.3, 0.4) is 0 Å². The van der Waals surface area contributed by atoms with Crippen molar-refractivity contribution in [3.05, 3.63) is 23.1 Å². The normalized spacial score (nSPS) is 14.9. The number of hydrogen-bond donors (Lipinski definition) is 1. The van der Waals surface area contributed by atoms with E-state index in [-0.39, 0.29) is 12.2 Å². The first-order valence-corrected chi connectivity index (χ1v) is 5.61. The van der Waals surface area contributed by atoms with Crippen LogP contribution in [-0.2, 0) is 6.54 Å². The zero-order valence-corrected chi connectivity index (χ0v) is 9.70. The second kappa shape index (κ2) is 3.90. The average molecular weight is 249 g/mol. The smallest absolute Gasteiger partial charge is 0.358 e. The fourth-order valence-corrected chi connectivity index (χ4v) is 1.67. The lowest BCUT2D eigenvalue weighted by Crippen LogP contribution is -2.07. The van der Waals surface area contributed by atoms with E-state index in [0.29, 0.717) is 23.3 Å². The molecule has 1 aliphatic carbocycles. The Kier molecular flexibility index (Phi) is 2.35. The lowest BCUT2D eigenvalue weighted by Gasteiger charge is -1.97. The van der Waals surface area contributed by atoms with Gasteiger partial charge >= 0.3 is 5.97 Å². The van der Waals surface area contributed by atoms with Gasteiger partial charge in [-0.3, -0.25) is 0 Å². The number of carboxylic acid groups (broad SMARTS) is 1. The molecule has 2 heterocycles. The molecule has 8 nitrogen and oxygen atoms in total. The highest BCUT2D eigenvalue weighted by atomic mass is 16.5. The van der Waals surface area contributed by atoms with Crippen LogP contribution in [0.4, 0.5) is 0 Å². The molecule has 1 N–H and O–H groups in total. The van der Waals surface area contributed by atoms with Crippen molar-refractivity contribution in [2.75, 3.05) is 0 Å². The minimum Gasteiger partial charge on any atom is -0.476 e. The molecular weight excluding hydrogens is 238 g/mol. The highest BCUT2D eigenvalue weighted by Crippen LogP contribution is 2.38. The lowest BCUT2D eigenvalue weighted by atomic mass is 10.3. The first-order valence-electron chi connectivity index (χ1n) is 5.61. The maximum Gasteiger partial charge on any atom is 0.358 e. The molecule has 0 unspecified atom stereocenters. The molecule has 0 saturated heterocycles. The zero-order chi connectivity index (χ0) is 12.7. The molecule has 1 fully saturated rings. The summed E-state index contributed by atoms with van der Waals surface area (Å²) in [6.45, 7) is 1.91. The molecule has 0 spiro atoms. The van der Waals surface area contributed by atoms with Gasteiger partial charge in [0.25, 0.3) is 0 Å². The predicted octanol–water partition coefficient (Wildman–Crippen LogP) is 0.593. The van der Waals surface area contributed by atoms with Crippen molar-refractivity contribution < 1.29 is 14.4 Å². The van der Waals surface area contributed by atoms with Gasteiger partial charge in [-0.05, 0) is 19.8 Å². The van der Waals surface area contributed by atoms with Gasteiger partial charge < -0.3 is 9.63 Å². The van der Waals surface area contributed by atoms with Gasteiger partial charge in [0.1, 0.15) is 6.54 Å². The van der Waals surface area contributed by atoms with Crippen LogP contribution in [0.2, 0.25) is 0 Å². The van der Waals surface area contributed by atoms with E-state index in [2.05, 4.69) is 20.5 Å². The summed E-state index contributed by atoms with van der Waals surface area (Å²) >= 11 is 0. The summed E-state index contributed by atoms with van der Waals surface area (Å²) in [7, 11) is 0. The van der Waals surface area contributed by atoms with Crippen molar-refractivity contribution in [2.45, 2.75) is 32.2 Å². The molecule has 0 aliphatic heterocycles. The summed E-state index contributed by atoms with van der Waals surface area (Å²) in [5.74, 6) is 0.450. The molecule has 3 rings (SSSR count). The second-order valence-electron chi connectivity index (χ2n) is 4.31. The van der Waals surface area contributed by atoms with Crippen LogP contribution in [0, 0.1) is 6.92 Å². The van der Waals surface area contributed by atoms with Gasteiger partial charge in [0, 0.05) is 5.92 Å². The summed E-state index contributed by atoms with van der Waals surface area (Å²) in [6.07, 6.45) is 2.18. The van der Waals surface area contributed by atoms with Crippen LogP contribution < -0.4 is 0 Å². The number of nitrogens with zero attached hydrogens (tertiary/aromatic N) is 5. The van der Waals surface area contributed by atoms with Gasteiger partial charge in [-0.1, -0.05) is 10.4 Å². The number of aromatic carboxylic acids is 1. The largest absolute Gasteiger partial charge is 0.476 e. The van der Waals surface area contributed by atoms with E-state index in [1.807, 2.05) is 0 Å². The monoisotopic (exact) mass is 249 g/mol.